The van der Waals surface area contributed by atoms with E-state index in [4.69, 9.17) is 5.11 Å². The van der Waals surface area contributed by atoms with Gasteiger partial charge in [0.05, 0.1) is 0 Å². The van der Waals surface area contributed by atoms with E-state index in [0.717, 1.165) is 13.1 Å². The summed E-state index contributed by atoms with van der Waals surface area (Å²) in [5.74, 6) is 0.694. The van der Waals surface area contributed by atoms with Crippen molar-refractivity contribution in [3.8, 4) is 0 Å². The minimum absolute atomic E-state index is 0.162. The third kappa shape index (κ3) is 2.09. The molecule has 1 aliphatic rings. The summed E-state index contributed by atoms with van der Waals surface area (Å²) in [6.07, 6.45) is 0. The number of likely N-dealkylation sites (tertiary alicyclic amines) is 1. The molecule has 1 aliphatic heterocycles. The normalized spacial score (nSPS) is 24.8. The van der Waals surface area contributed by atoms with Gasteiger partial charge >= 0.3 is 0 Å². The molecule has 0 aliphatic carbocycles. The minimum atomic E-state index is -0.381. The van der Waals surface area contributed by atoms with Crippen LogP contribution in [0.25, 0.3) is 0 Å². The van der Waals surface area contributed by atoms with Gasteiger partial charge in [-0.1, -0.05) is 37.3 Å². The average molecular weight is 219 g/mol. The van der Waals surface area contributed by atoms with Crippen LogP contribution < -0.4 is 0 Å². The van der Waals surface area contributed by atoms with Crippen LogP contribution >= 0.6 is 0 Å². The topological polar surface area (TPSA) is 40.5 Å². The first-order chi connectivity index (χ1) is 7.72. The highest BCUT2D eigenvalue weighted by molar-refractivity contribution is 5.77. The number of amides is 1. The van der Waals surface area contributed by atoms with Crippen molar-refractivity contribution in [1.82, 2.24) is 4.90 Å². The van der Waals surface area contributed by atoms with Gasteiger partial charge in [-0.05, 0) is 11.5 Å². The van der Waals surface area contributed by atoms with Gasteiger partial charge in [0.1, 0.15) is 6.61 Å². The Morgan fingerprint density at radius 1 is 1.38 bits per heavy atom. The number of carbonyl (C=O) groups is 1. The Bertz CT molecular complexity index is 363. The maximum atomic E-state index is 11.4. The van der Waals surface area contributed by atoms with Crippen molar-refractivity contribution >= 4 is 5.91 Å². The summed E-state index contributed by atoms with van der Waals surface area (Å²) in [7, 11) is 0. The number of hydrogen-bond donors (Lipinski definition) is 1. The lowest BCUT2D eigenvalue weighted by molar-refractivity contribution is -0.133. The summed E-state index contributed by atoms with van der Waals surface area (Å²) < 4.78 is 0. The van der Waals surface area contributed by atoms with Gasteiger partial charge in [0.15, 0.2) is 0 Å². The number of hydrogen-bond acceptors (Lipinski definition) is 2. The SMILES string of the molecule is CC1CN(C(=O)CO)CC1c1ccccc1. The van der Waals surface area contributed by atoms with Crippen LogP contribution in [-0.4, -0.2) is 35.6 Å². The molecule has 1 N–H and O–H groups in total. The number of nitrogens with zero attached hydrogens (tertiary/aromatic N) is 1. The second-order valence-corrected chi connectivity index (χ2v) is 4.45. The summed E-state index contributed by atoms with van der Waals surface area (Å²) in [6, 6.07) is 10.3. The van der Waals surface area contributed by atoms with E-state index in [1.165, 1.54) is 5.56 Å². The molecule has 86 valence electrons. The van der Waals surface area contributed by atoms with Crippen LogP contribution in [-0.2, 0) is 4.79 Å². The van der Waals surface area contributed by atoms with Gasteiger partial charge in [-0.2, -0.15) is 0 Å². The Balaban J connectivity index is 2.11. The lowest BCUT2D eigenvalue weighted by Crippen LogP contribution is -2.31. The fourth-order valence-corrected chi connectivity index (χ4v) is 2.40. The van der Waals surface area contributed by atoms with Crippen LogP contribution in [0.15, 0.2) is 30.3 Å². The zero-order valence-electron chi connectivity index (χ0n) is 9.47. The fourth-order valence-electron chi connectivity index (χ4n) is 2.40. The molecule has 3 nitrogen and oxygen atoms in total. The molecule has 0 saturated carbocycles. The quantitative estimate of drug-likeness (QED) is 0.813. The third-order valence-electron chi connectivity index (χ3n) is 3.33. The second kappa shape index (κ2) is 4.66. The van der Waals surface area contributed by atoms with E-state index >= 15 is 0 Å². The summed E-state index contributed by atoms with van der Waals surface area (Å²) in [5, 5.41) is 8.85. The molecule has 0 radical (unpaired) electrons. The van der Waals surface area contributed by atoms with E-state index in [-0.39, 0.29) is 12.5 Å². The second-order valence-electron chi connectivity index (χ2n) is 4.45. The first-order valence-corrected chi connectivity index (χ1v) is 5.66. The van der Waals surface area contributed by atoms with E-state index in [9.17, 15) is 4.79 Å². The lowest BCUT2D eigenvalue weighted by Gasteiger charge is -2.15. The molecule has 16 heavy (non-hydrogen) atoms. The summed E-state index contributed by atoms with van der Waals surface area (Å²) >= 11 is 0. The average Bonchev–Trinajstić information content (AvgIpc) is 2.71. The largest absolute Gasteiger partial charge is 0.387 e. The van der Waals surface area contributed by atoms with Gasteiger partial charge in [0.25, 0.3) is 0 Å². The summed E-state index contributed by atoms with van der Waals surface area (Å²) in [5.41, 5.74) is 1.28. The van der Waals surface area contributed by atoms with Crippen molar-refractivity contribution in [1.29, 1.82) is 0 Å². The van der Waals surface area contributed by atoms with E-state index in [1.54, 1.807) is 4.90 Å². The van der Waals surface area contributed by atoms with Gasteiger partial charge in [-0.25, -0.2) is 0 Å². The highest BCUT2D eigenvalue weighted by Crippen LogP contribution is 2.31. The zero-order chi connectivity index (χ0) is 11.5. The molecule has 1 heterocycles. The standard InChI is InChI=1S/C13H17NO2/c1-10-7-14(13(16)9-15)8-12(10)11-5-3-2-4-6-11/h2-6,10,12,15H,7-9H2,1H3. The smallest absolute Gasteiger partial charge is 0.248 e. The highest BCUT2D eigenvalue weighted by atomic mass is 16.3. The monoisotopic (exact) mass is 219 g/mol. The van der Waals surface area contributed by atoms with Gasteiger partial charge < -0.3 is 10.0 Å². The van der Waals surface area contributed by atoms with Crippen LogP contribution in [0, 0.1) is 5.92 Å². The van der Waals surface area contributed by atoms with Crippen molar-refractivity contribution in [2.45, 2.75) is 12.8 Å². The molecule has 0 spiro atoms. The minimum Gasteiger partial charge on any atom is -0.387 e. The van der Waals surface area contributed by atoms with Gasteiger partial charge in [-0.15, -0.1) is 0 Å². The number of aliphatic hydroxyl groups excluding tert-OH is 1. The van der Waals surface area contributed by atoms with Gasteiger partial charge in [0.2, 0.25) is 5.91 Å². The maximum Gasteiger partial charge on any atom is 0.248 e. The molecule has 1 aromatic rings. The predicted molar refractivity (Wildman–Crippen MR) is 62.0 cm³/mol. The van der Waals surface area contributed by atoms with Gasteiger partial charge in [-0.3, -0.25) is 4.79 Å². The lowest BCUT2D eigenvalue weighted by atomic mass is 9.90. The molecule has 2 atom stereocenters. The molecule has 1 amide bonds. The fraction of sp³-hybridized carbons (Fsp3) is 0.462. The van der Waals surface area contributed by atoms with E-state index < -0.39 is 0 Å². The zero-order valence-corrected chi connectivity index (χ0v) is 9.47. The third-order valence-corrected chi connectivity index (χ3v) is 3.33. The Morgan fingerprint density at radius 3 is 2.69 bits per heavy atom. The number of aliphatic hydroxyl groups is 1. The number of carbonyl (C=O) groups excluding carboxylic acids is 1. The van der Waals surface area contributed by atoms with Crippen LogP contribution in [0.1, 0.15) is 18.4 Å². The Hall–Kier alpha value is -1.35. The molecule has 0 bridgehead atoms. The maximum absolute atomic E-state index is 11.4. The molecule has 2 rings (SSSR count). The number of rotatable bonds is 2. The molecule has 1 aromatic carbocycles. The van der Waals surface area contributed by atoms with Gasteiger partial charge in [0, 0.05) is 19.0 Å². The molecule has 1 saturated heterocycles. The van der Waals surface area contributed by atoms with E-state index in [2.05, 4.69) is 19.1 Å². The molecule has 1 fully saturated rings. The van der Waals surface area contributed by atoms with Crippen molar-refractivity contribution in [3.05, 3.63) is 35.9 Å². The van der Waals surface area contributed by atoms with Crippen LogP contribution in [0.5, 0.6) is 0 Å². The molecule has 3 heteroatoms. The highest BCUT2D eigenvalue weighted by Gasteiger charge is 2.32. The van der Waals surface area contributed by atoms with E-state index in [0.29, 0.717) is 11.8 Å². The van der Waals surface area contributed by atoms with E-state index in [1.807, 2.05) is 18.2 Å². The Kier molecular flexibility index (Phi) is 3.25. The molecule has 2 unspecified atom stereocenters. The van der Waals surface area contributed by atoms with Crippen molar-refractivity contribution < 1.29 is 9.90 Å². The van der Waals surface area contributed by atoms with Crippen molar-refractivity contribution in [2.75, 3.05) is 19.7 Å². The van der Waals surface area contributed by atoms with Crippen LogP contribution in [0.3, 0.4) is 0 Å². The molecular formula is C13H17NO2. The Labute approximate surface area is 95.7 Å². The predicted octanol–water partition coefficient (Wildman–Crippen LogP) is 1.24. The van der Waals surface area contributed by atoms with Crippen molar-refractivity contribution in [3.63, 3.8) is 0 Å². The molecular weight excluding hydrogens is 202 g/mol. The first kappa shape index (κ1) is 11.1. The summed E-state index contributed by atoms with van der Waals surface area (Å²) in [4.78, 5) is 13.2. The van der Waals surface area contributed by atoms with Crippen molar-refractivity contribution in [2.24, 2.45) is 5.92 Å². The summed E-state index contributed by atoms with van der Waals surface area (Å²) in [6.45, 7) is 3.25. The first-order valence-electron chi connectivity index (χ1n) is 5.66. The molecule has 0 aromatic heterocycles. The van der Waals surface area contributed by atoms with Crippen LogP contribution in [0.4, 0.5) is 0 Å². The van der Waals surface area contributed by atoms with Crippen LogP contribution in [0.2, 0.25) is 0 Å². The number of benzene rings is 1. The Morgan fingerprint density at radius 2 is 2.06 bits per heavy atom.